The summed E-state index contributed by atoms with van der Waals surface area (Å²) in [4.78, 5) is 11.8. The molecule has 4 nitrogen and oxygen atoms in total. The number of carbonyl (C=O) groups is 1. The fourth-order valence-electron chi connectivity index (χ4n) is 1.70. The summed E-state index contributed by atoms with van der Waals surface area (Å²) in [5, 5.41) is 8.71. The molecule has 0 heterocycles. The standard InChI is InChI=1S/C17H15NO3/c1-13(21-16-5-3-2-4-6-16)17(19)20-12-15-9-7-14(11-18)8-10-15/h2-10,13H,12H2,1H3. The maximum Gasteiger partial charge on any atom is 0.347 e. The Morgan fingerprint density at radius 1 is 1.14 bits per heavy atom. The van der Waals surface area contributed by atoms with Gasteiger partial charge < -0.3 is 9.47 Å². The van der Waals surface area contributed by atoms with Crippen molar-refractivity contribution in [2.75, 3.05) is 0 Å². The molecular formula is C17H15NO3. The average Bonchev–Trinajstić information content (AvgIpc) is 2.54. The molecule has 0 aliphatic carbocycles. The number of esters is 1. The topological polar surface area (TPSA) is 59.3 Å². The van der Waals surface area contributed by atoms with E-state index in [0.717, 1.165) is 5.56 Å². The first-order valence-electron chi connectivity index (χ1n) is 6.56. The van der Waals surface area contributed by atoms with Gasteiger partial charge in [0, 0.05) is 0 Å². The van der Waals surface area contributed by atoms with Crippen LogP contribution in [0.3, 0.4) is 0 Å². The minimum Gasteiger partial charge on any atom is -0.479 e. The van der Waals surface area contributed by atoms with Gasteiger partial charge in [-0.25, -0.2) is 4.79 Å². The molecule has 0 aliphatic rings. The third kappa shape index (κ3) is 4.36. The number of carbonyl (C=O) groups excluding carboxylic acids is 1. The van der Waals surface area contributed by atoms with E-state index in [2.05, 4.69) is 0 Å². The van der Waals surface area contributed by atoms with Crippen LogP contribution >= 0.6 is 0 Å². The lowest BCUT2D eigenvalue weighted by Gasteiger charge is -2.13. The highest BCUT2D eigenvalue weighted by Crippen LogP contribution is 2.12. The van der Waals surface area contributed by atoms with Crippen molar-refractivity contribution >= 4 is 5.97 Å². The van der Waals surface area contributed by atoms with Crippen LogP contribution in [-0.2, 0) is 16.1 Å². The number of hydrogen-bond acceptors (Lipinski definition) is 4. The second-order valence-electron chi connectivity index (χ2n) is 4.49. The number of ether oxygens (including phenoxy) is 2. The smallest absolute Gasteiger partial charge is 0.347 e. The van der Waals surface area contributed by atoms with E-state index in [-0.39, 0.29) is 6.61 Å². The van der Waals surface area contributed by atoms with E-state index < -0.39 is 12.1 Å². The van der Waals surface area contributed by atoms with Gasteiger partial charge in [0.05, 0.1) is 11.6 Å². The van der Waals surface area contributed by atoms with Gasteiger partial charge in [0.15, 0.2) is 6.10 Å². The molecule has 4 heteroatoms. The largest absolute Gasteiger partial charge is 0.479 e. The van der Waals surface area contributed by atoms with E-state index in [9.17, 15) is 4.79 Å². The molecule has 0 spiro atoms. The molecule has 0 fully saturated rings. The number of nitriles is 1. The summed E-state index contributed by atoms with van der Waals surface area (Å²) in [6, 6.07) is 18.0. The van der Waals surface area contributed by atoms with Gasteiger partial charge in [-0.1, -0.05) is 30.3 Å². The predicted octanol–water partition coefficient (Wildman–Crippen LogP) is 3.07. The van der Waals surface area contributed by atoms with Crippen LogP contribution in [0.25, 0.3) is 0 Å². The van der Waals surface area contributed by atoms with Crippen molar-refractivity contribution in [3.05, 3.63) is 65.7 Å². The molecule has 106 valence electrons. The maximum atomic E-state index is 11.8. The van der Waals surface area contributed by atoms with Crippen molar-refractivity contribution in [2.45, 2.75) is 19.6 Å². The Labute approximate surface area is 123 Å². The summed E-state index contributed by atoms with van der Waals surface area (Å²) in [7, 11) is 0. The number of nitrogens with zero attached hydrogens (tertiary/aromatic N) is 1. The van der Waals surface area contributed by atoms with Crippen molar-refractivity contribution in [1.29, 1.82) is 5.26 Å². The second kappa shape index (κ2) is 7.11. The van der Waals surface area contributed by atoms with E-state index in [1.165, 1.54) is 0 Å². The molecule has 1 atom stereocenters. The lowest BCUT2D eigenvalue weighted by atomic mass is 10.2. The van der Waals surface area contributed by atoms with Crippen LogP contribution in [0.4, 0.5) is 0 Å². The number of benzene rings is 2. The normalized spacial score (nSPS) is 11.2. The van der Waals surface area contributed by atoms with Gasteiger partial charge in [-0.05, 0) is 36.8 Å². The number of rotatable bonds is 5. The molecule has 0 radical (unpaired) electrons. The first kappa shape index (κ1) is 14.6. The molecular weight excluding hydrogens is 266 g/mol. The van der Waals surface area contributed by atoms with Crippen molar-refractivity contribution in [1.82, 2.24) is 0 Å². The van der Waals surface area contributed by atoms with Crippen LogP contribution in [0.15, 0.2) is 54.6 Å². The highest BCUT2D eigenvalue weighted by Gasteiger charge is 2.16. The fourth-order valence-corrected chi connectivity index (χ4v) is 1.70. The maximum absolute atomic E-state index is 11.8. The van der Waals surface area contributed by atoms with E-state index in [1.54, 1.807) is 43.3 Å². The third-order valence-corrected chi connectivity index (χ3v) is 2.85. The zero-order chi connectivity index (χ0) is 15.1. The summed E-state index contributed by atoms with van der Waals surface area (Å²) in [5.74, 6) is 0.198. The lowest BCUT2D eigenvalue weighted by Crippen LogP contribution is -2.25. The van der Waals surface area contributed by atoms with Gasteiger partial charge in [0.25, 0.3) is 0 Å². The Hall–Kier alpha value is -2.80. The summed E-state index contributed by atoms with van der Waals surface area (Å²) in [6.07, 6.45) is -0.675. The van der Waals surface area contributed by atoms with Crippen LogP contribution in [-0.4, -0.2) is 12.1 Å². The molecule has 2 aromatic rings. The van der Waals surface area contributed by atoms with Crippen molar-refractivity contribution < 1.29 is 14.3 Å². The Balaban J connectivity index is 1.84. The molecule has 0 aliphatic heterocycles. The van der Waals surface area contributed by atoms with E-state index >= 15 is 0 Å². The van der Waals surface area contributed by atoms with Crippen LogP contribution in [0.5, 0.6) is 5.75 Å². The first-order chi connectivity index (χ1) is 10.2. The van der Waals surface area contributed by atoms with E-state index in [0.29, 0.717) is 11.3 Å². The lowest BCUT2D eigenvalue weighted by molar-refractivity contribution is -0.152. The Morgan fingerprint density at radius 3 is 2.43 bits per heavy atom. The molecule has 0 saturated carbocycles. The summed E-state index contributed by atoms with van der Waals surface area (Å²) < 4.78 is 10.7. The van der Waals surface area contributed by atoms with Gasteiger partial charge in [0.2, 0.25) is 0 Å². The molecule has 2 rings (SSSR count). The molecule has 0 aromatic heterocycles. The fraction of sp³-hybridized carbons (Fsp3) is 0.176. The molecule has 0 N–H and O–H groups in total. The highest BCUT2D eigenvalue weighted by molar-refractivity contribution is 5.74. The molecule has 0 bridgehead atoms. The minimum absolute atomic E-state index is 0.160. The van der Waals surface area contributed by atoms with Crippen LogP contribution in [0.1, 0.15) is 18.1 Å². The Morgan fingerprint density at radius 2 is 1.81 bits per heavy atom. The number of hydrogen-bond donors (Lipinski definition) is 0. The van der Waals surface area contributed by atoms with Crippen LogP contribution < -0.4 is 4.74 Å². The summed E-state index contributed by atoms with van der Waals surface area (Å²) >= 11 is 0. The zero-order valence-corrected chi connectivity index (χ0v) is 11.7. The third-order valence-electron chi connectivity index (χ3n) is 2.85. The van der Waals surface area contributed by atoms with Crippen molar-refractivity contribution in [3.63, 3.8) is 0 Å². The molecule has 1 unspecified atom stereocenters. The molecule has 0 amide bonds. The van der Waals surface area contributed by atoms with Gasteiger partial charge in [-0.2, -0.15) is 5.26 Å². The van der Waals surface area contributed by atoms with Crippen molar-refractivity contribution in [3.8, 4) is 11.8 Å². The van der Waals surface area contributed by atoms with Gasteiger partial charge >= 0.3 is 5.97 Å². The quantitative estimate of drug-likeness (QED) is 0.790. The second-order valence-corrected chi connectivity index (χ2v) is 4.49. The monoisotopic (exact) mass is 281 g/mol. The van der Waals surface area contributed by atoms with Gasteiger partial charge in [-0.15, -0.1) is 0 Å². The predicted molar refractivity (Wildman–Crippen MR) is 77.5 cm³/mol. The molecule has 21 heavy (non-hydrogen) atoms. The van der Waals surface area contributed by atoms with E-state index in [1.807, 2.05) is 24.3 Å². The van der Waals surface area contributed by atoms with Crippen LogP contribution in [0.2, 0.25) is 0 Å². The first-order valence-corrected chi connectivity index (χ1v) is 6.56. The summed E-state index contributed by atoms with van der Waals surface area (Å²) in [6.45, 7) is 1.81. The Kier molecular flexibility index (Phi) is 4.94. The average molecular weight is 281 g/mol. The minimum atomic E-state index is -0.675. The van der Waals surface area contributed by atoms with E-state index in [4.69, 9.17) is 14.7 Å². The van der Waals surface area contributed by atoms with Gasteiger partial charge in [0.1, 0.15) is 12.4 Å². The SMILES string of the molecule is CC(Oc1ccccc1)C(=O)OCc1ccc(C#N)cc1. The Bertz CT molecular complexity index is 629. The highest BCUT2D eigenvalue weighted by atomic mass is 16.6. The van der Waals surface area contributed by atoms with Gasteiger partial charge in [-0.3, -0.25) is 0 Å². The molecule has 0 saturated heterocycles. The van der Waals surface area contributed by atoms with Crippen molar-refractivity contribution in [2.24, 2.45) is 0 Å². The zero-order valence-electron chi connectivity index (χ0n) is 11.7. The molecule has 2 aromatic carbocycles. The van der Waals surface area contributed by atoms with Crippen LogP contribution in [0, 0.1) is 11.3 Å². The summed E-state index contributed by atoms with van der Waals surface area (Å²) in [5.41, 5.74) is 1.40. The number of para-hydroxylation sites is 1.